The molecule has 1 aromatic carbocycles. The zero-order valence-corrected chi connectivity index (χ0v) is 21.2. The summed E-state index contributed by atoms with van der Waals surface area (Å²) < 4.78 is 21.6. The van der Waals surface area contributed by atoms with Crippen LogP contribution in [0.25, 0.3) is 0 Å². The Morgan fingerprint density at radius 2 is 1.66 bits per heavy atom. The SMILES string of the molecule is C[C@@H](OCc1ccc(CCCOCCOCC(=O)O)cc1)[C@H](CCC(N)=O)NC(=O)OC(C)(C)C. The lowest BCUT2D eigenvalue weighted by Crippen LogP contribution is -2.45. The lowest BCUT2D eigenvalue weighted by molar-refractivity contribution is -0.142. The summed E-state index contributed by atoms with van der Waals surface area (Å²) in [5.74, 6) is -1.44. The molecule has 0 saturated heterocycles. The number of carbonyl (C=O) groups excluding carboxylic acids is 2. The molecule has 0 fully saturated rings. The van der Waals surface area contributed by atoms with Crippen LogP contribution in [0.1, 0.15) is 58.1 Å². The number of carboxylic acid groups (broad SMARTS) is 1. The van der Waals surface area contributed by atoms with Gasteiger partial charge in [0.1, 0.15) is 12.2 Å². The van der Waals surface area contributed by atoms with Crippen LogP contribution in [0.4, 0.5) is 4.79 Å². The minimum Gasteiger partial charge on any atom is -0.480 e. The molecule has 10 heteroatoms. The Labute approximate surface area is 207 Å². The molecule has 0 radical (unpaired) electrons. The number of alkyl carbamates (subject to hydrolysis) is 1. The Morgan fingerprint density at radius 3 is 2.26 bits per heavy atom. The number of primary amides is 1. The number of benzene rings is 1. The van der Waals surface area contributed by atoms with Crippen molar-refractivity contribution in [1.82, 2.24) is 5.32 Å². The Balaban J connectivity index is 2.42. The molecule has 1 rings (SSSR count). The molecule has 0 aliphatic heterocycles. The zero-order valence-electron chi connectivity index (χ0n) is 21.2. The van der Waals surface area contributed by atoms with Gasteiger partial charge in [0, 0.05) is 13.0 Å². The van der Waals surface area contributed by atoms with E-state index in [4.69, 9.17) is 29.8 Å². The predicted molar refractivity (Wildman–Crippen MR) is 130 cm³/mol. The Bertz CT molecular complexity index is 777. The van der Waals surface area contributed by atoms with Crippen LogP contribution in [0.15, 0.2) is 24.3 Å². The normalized spacial score (nSPS) is 13.1. The molecule has 2 amide bonds. The number of hydrogen-bond donors (Lipinski definition) is 3. The van der Waals surface area contributed by atoms with Crippen molar-refractivity contribution in [2.45, 2.75) is 77.7 Å². The second-order valence-corrected chi connectivity index (χ2v) is 9.25. The van der Waals surface area contributed by atoms with E-state index in [0.717, 1.165) is 18.4 Å². The number of carboxylic acids is 1. The van der Waals surface area contributed by atoms with Gasteiger partial charge < -0.3 is 35.1 Å². The molecule has 0 spiro atoms. The predicted octanol–water partition coefficient (Wildman–Crippen LogP) is 2.80. The van der Waals surface area contributed by atoms with E-state index in [1.807, 2.05) is 31.2 Å². The van der Waals surface area contributed by atoms with Crippen LogP contribution < -0.4 is 11.1 Å². The van der Waals surface area contributed by atoms with Gasteiger partial charge in [-0.05, 0) is 58.1 Å². The molecule has 0 saturated carbocycles. The first kappa shape index (κ1) is 30.3. The maximum atomic E-state index is 12.2. The van der Waals surface area contributed by atoms with Crippen molar-refractivity contribution in [2.75, 3.05) is 26.4 Å². The molecule has 2 atom stereocenters. The van der Waals surface area contributed by atoms with Gasteiger partial charge in [-0.1, -0.05) is 24.3 Å². The first-order valence-corrected chi connectivity index (χ1v) is 11.8. The summed E-state index contributed by atoms with van der Waals surface area (Å²) in [5.41, 5.74) is 6.79. The third-order valence-corrected chi connectivity index (χ3v) is 4.86. The summed E-state index contributed by atoms with van der Waals surface area (Å²) in [4.78, 5) is 33.8. The van der Waals surface area contributed by atoms with Crippen LogP contribution in [-0.4, -0.2) is 67.3 Å². The lowest BCUT2D eigenvalue weighted by atomic mass is 10.1. The van der Waals surface area contributed by atoms with Gasteiger partial charge in [-0.25, -0.2) is 9.59 Å². The van der Waals surface area contributed by atoms with Crippen molar-refractivity contribution in [2.24, 2.45) is 5.73 Å². The van der Waals surface area contributed by atoms with E-state index in [0.29, 0.717) is 26.2 Å². The second kappa shape index (κ2) is 16.1. The van der Waals surface area contributed by atoms with Gasteiger partial charge in [0.25, 0.3) is 0 Å². The van der Waals surface area contributed by atoms with Crippen molar-refractivity contribution < 1.29 is 38.4 Å². The van der Waals surface area contributed by atoms with Gasteiger partial charge in [0.15, 0.2) is 0 Å². The van der Waals surface area contributed by atoms with Gasteiger partial charge in [0.05, 0.1) is 32.0 Å². The average Bonchev–Trinajstić information content (AvgIpc) is 2.76. The quantitative estimate of drug-likeness (QED) is 0.279. The van der Waals surface area contributed by atoms with Crippen LogP contribution in [0.5, 0.6) is 0 Å². The molecule has 0 heterocycles. The van der Waals surface area contributed by atoms with Crippen molar-refractivity contribution in [3.8, 4) is 0 Å². The molecule has 0 aliphatic rings. The number of carbonyl (C=O) groups is 3. The van der Waals surface area contributed by atoms with Crippen LogP contribution in [-0.2, 0) is 41.6 Å². The molecular formula is C25H40N2O8. The number of aliphatic carboxylic acids is 1. The van der Waals surface area contributed by atoms with Crippen molar-refractivity contribution in [3.63, 3.8) is 0 Å². The van der Waals surface area contributed by atoms with Gasteiger partial charge >= 0.3 is 12.1 Å². The van der Waals surface area contributed by atoms with E-state index >= 15 is 0 Å². The maximum absolute atomic E-state index is 12.2. The Morgan fingerprint density at radius 1 is 1.03 bits per heavy atom. The van der Waals surface area contributed by atoms with E-state index in [9.17, 15) is 14.4 Å². The topological polar surface area (TPSA) is 146 Å². The number of aryl methyl sites for hydroxylation is 1. The molecule has 4 N–H and O–H groups in total. The summed E-state index contributed by atoms with van der Waals surface area (Å²) in [6.45, 7) is 8.41. The smallest absolute Gasteiger partial charge is 0.407 e. The number of rotatable bonds is 17. The fraction of sp³-hybridized carbons (Fsp3) is 0.640. The molecular weight excluding hydrogens is 456 g/mol. The highest BCUT2D eigenvalue weighted by Gasteiger charge is 2.24. The van der Waals surface area contributed by atoms with Crippen molar-refractivity contribution in [1.29, 1.82) is 0 Å². The number of ether oxygens (including phenoxy) is 4. The molecule has 0 aliphatic carbocycles. The number of nitrogens with one attached hydrogen (secondary N) is 1. The average molecular weight is 497 g/mol. The summed E-state index contributed by atoms with van der Waals surface area (Å²) >= 11 is 0. The van der Waals surface area contributed by atoms with Gasteiger partial charge in [0.2, 0.25) is 5.91 Å². The number of nitrogens with two attached hydrogens (primary N) is 1. The lowest BCUT2D eigenvalue weighted by Gasteiger charge is -2.27. The molecule has 1 aromatic rings. The molecule has 10 nitrogen and oxygen atoms in total. The summed E-state index contributed by atoms with van der Waals surface area (Å²) in [6.07, 6.45) is 1.23. The maximum Gasteiger partial charge on any atom is 0.407 e. The van der Waals surface area contributed by atoms with E-state index < -0.39 is 29.6 Å². The standard InChI is InChI=1S/C25H40N2O8/c1-18(21(11-12-22(26)28)27-24(31)35-25(2,3)4)34-16-20-9-7-19(8-10-20)6-5-13-32-14-15-33-17-23(29)30/h7-10,18,21H,5-6,11-17H2,1-4H3,(H2,26,28)(H,27,31)(H,29,30)/t18-,21+/m1/s1. The fourth-order valence-electron chi connectivity index (χ4n) is 3.08. The first-order valence-electron chi connectivity index (χ1n) is 11.8. The van der Waals surface area contributed by atoms with Crippen LogP contribution >= 0.6 is 0 Å². The van der Waals surface area contributed by atoms with E-state index in [1.54, 1.807) is 20.8 Å². The van der Waals surface area contributed by atoms with E-state index in [2.05, 4.69) is 5.32 Å². The van der Waals surface area contributed by atoms with Gasteiger partial charge in [-0.2, -0.15) is 0 Å². The highest BCUT2D eigenvalue weighted by Crippen LogP contribution is 2.14. The highest BCUT2D eigenvalue weighted by atomic mass is 16.6. The minimum atomic E-state index is -0.992. The second-order valence-electron chi connectivity index (χ2n) is 9.25. The molecule has 0 unspecified atom stereocenters. The Kier molecular flexibility index (Phi) is 13.9. The summed E-state index contributed by atoms with van der Waals surface area (Å²) in [6, 6.07) is 7.61. The Hall–Kier alpha value is -2.69. The van der Waals surface area contributed by atoms with Crippen LogP contribution in [0.3, 0.4) is 0 Å². The van der Waals surface area contributed by atoms with E-state index in [-0.39, 0.29) is 25.7 Å². The fourth-order valence-corrected chi connectivity index (χ4v) is 3.08. The van der Waals surface area contributed by atoms with Crippen molar-refractivity contribution in [3.05, 3.63) is 35.4 Å². The summed E-state index contributed by atoms with van der Waals surface area (Å²) in [5, 5.41) is 11.3. The summed E-state index contributed by atoms with van der Waals surface area (Å²) in [7, 11) is 0. The molecule has 0 bridgehead atoms. The number of amides is 2. The number of hydrogen-bond acceptors (Lipinski definition) is 7. The molecule has 0 aromatic heterocycles. The molecule has 35 heavy (non-hydrogen) atoms. The third kappa shape index (κ3) is 15.8. The largest absolute Gasteiger partial charge is 0.480 e. The highest BCUT2D eigenvalue weighted by molar-refractivity contribution is 5.74. The van der Waals surface area contributed by atoms with Crippen molar-refractivity contribution >= 4 is 18.0 Å². The first-order chi connectivity index (χ1) is 16.5. The van der Waals surface area contributed by atoms with E-state index in [1.165, 1.54) is 5.56 Å². The third-order valence-electron chi connectivity index (χ3n) is 4.86. The van der Waals surface area contributed by atoms with Gasteiger partial charge in [-0.15, -0.1) is 0 Å². The zero-order chi connectivity index (χ0) is 26.3. The van der Waals surface area contributed by atoms with Crippen LogP contribution in [0.2, 0.25) is 0 Å². The molecule has 198 valence electrons. The minimum absolute atomic E-state index is 0.127. The monoisotopic (exact) mass is 496 g/mol. The van der Waals surface area contributed by atoms with Crippen LogP contribution in [0, 0.1) is 0 Å². The van der Waals surface area contributed by atoms with Gasteiger partial charge in [-0.3, -0.25) is 4.79 Å².